The van der Waals surface area contributed by atoms with Gasteiger partial charge in [0.05, 0.1) is 6.54 Å². The summed E-state index contributed by atoms with van der Waals surface area (Å²) in [7, 11) is 0. The van der Waals surface area contributed by atoms with Crippen molar-refractivity contribution in [3.63, 3.8) is 0 Å². The van der Waals surface area contributed by atoms with Crippen LogP contribution in [-0.4, -0.2) is 78.4 Å². The lowest BCUT2D eigenvalue weighted by atomic mass is 9.91. The highest BCUT2D eigenvalue weighted by Crippen LogP contribution is 2.22. The van der Waals surface area contributed by atoms with Crippen LogP contribution in [0.1, 0.15) is 49.7 Å². The van der Waals surface area contributed by atoms with Crippen molar-refractivity contribution >= 4 is 46.3 Å². The van der Waals surface area contributed by atoms with Crippen molar-refractivity contribution in [2.24, 2.45) is 38.8 Å². The third-order valence-corrected chi connectivity index (χ3v) is 8.96. The van der Waals surface area contributed by atoms with Crippen molar-refractivity contribution in [3.05, 3.63) is 77.9 Å². The number of hydrogen-bond donors (Lipinski definition) is 9. The molecule has 0 bridgehead atoms. The van der Waals surface area contributed by atoms with E-state index >= 15 is 0 Å². The first-order chi connectivity index (χ1) is 25.0. The molecule has 0 unspecified atom stereocenters. The van der Waals surface area contributed by atoms with Crippen LogP contribution < -0.4 is 44.2 Å². The van der Waals surface area contributed by atoms with Gasteiger partial charge in [-0.25, -0.2) is 0 Å². The SMILES string of the molecule is NC(N)=NCCC[C@H]1CC[C@H](Cc2ccc(O)cc2)NC(=O)CNC(=O)[C@H](Cc2cccc3ccccc23)NC(=O)[C@H](CCCN=C(N)N)NC1=O. The van der Waals surface area contributed by atoms with Crippen LogP contribution >= 0.6 is 0 Å². The van der Waals surface area contributed by atoms with Crippen molar-refractivity contribution in [1.29, 1.82) is 0 Å². The summed E-state index contributed by atoms with van der Waals surface area (Å²) in [5.41, 5.74) is 23.7. The Morgan fingerprint density at radius 2 is 1.35 bits per heavy atom. The van der Waals surface area contributed by atoms with E-state index in [1.165, 1.54) is 0 Å². The second-order valence-corrected chi connectivity index (χ2v) is 13.0. The summed E-state index contributed by atoms with van der Waals surface area (Å²) < 4.78 is 0. The number of phenolic OH excluding ortho intramolecular Hbond substituents is 1. The molecule has 0 spiro atoms. The molecule has 1 saturated heterocycles. The Balaban J connectivity index is 1.66. The zero-order chi connectivity index (χ0) is 37.5. The van der Waals surface area contributed by atoms with Gasteiger partial charge in [-0.2, -0.15) is 0 Å². The number of phenols is 1. The highest BCUT2D eigenvalue weighted by atomic mass is 16.3. The number of amides is 4. The van der Waals surface area contributed by atoms with E-state index in [1.54, 1.807) is 24.3 Å². The average Bonchev–Trinajstić information content (AvgIpc) is 3.11. The molecule has 1 fully saturated rings. The Morgan fingerprint density at radius 1 is 0.692 bits per heavy atom. The van der Waals surface area contributed by atoms with Gasteiger partial charge in [-0.15, -0.1) is 0 Å². The molecule has 13 N–H and O–H groups in total. The second kappa shape index (κ2) is 19.5. The van der Waals surface area contributed by atoms with Gasteiger partial charge in [-0.1, -0.05) is 54.6 Å². The largest absolute Gasteiger partial charge is 0.508 e. The van der Waals surface area contributed by atoms with E-state index in [2.05, 4.69) is 31.3 Å². The number of aromatic hydroxyl groups is 1. The molecule has 15 heteroatoms. The predicted molar refractivity (Wildman–Crippen MR) is 201 cm³/mol. The van der Waals surface area contributed by atoms with Gasteiger partial charge in [-0.05, 0) is 79.0 Å². The number of hydrogen-bond acceptors (Lipinski definition) is 7. The number of fused-ring (bicyclic) bond motifs is 1. The predicted octanol–water partition coefficient (Wildman–Crippen LogP) is 0.418. The Bertz CT molecular complexity index is 1730. The van der Waals surface area contributed by atoms with E-state index in [4.69, 9.17) is 22.9 Å². The molecular weight excluding hydrogens is 664 g/mol. The topological polar surface area (TPSA) is 265 Å². The van der Waals surface area contributed by atoms with E-state index in [1.807, 2.05) is 42.5 Å². The fourth-order valence-corrected chi connectivity index (χ4v) is 6.30. The fourth-order valence-electron chi connectivity index (χ4n) is 6.30. The second-order valence-electron chi connectivity index (χ2n) is 13.0. The lowest BCUT2D eigenvalue weighted by Crippen LogP contribution is -2.55. The van der Waals surface area contributed by atoms with Crippen LogP contribution in [0.3, 0.4) is 0 Å². The third kappa shape index (κ3) is 12.5. The van der Waals surface area contributed by atoms with E-state index in [0.717, 1.165) is 21.9 Å². The standard InChI is InChI=1S/C37H50N10O5/c38-36(39)42-18-4-9-25-14-15-27(20-23-12-16-28(48)17-13-23)45-32(49)22-44-34(51)31(21-26-8-3-7-24-6-1-2-10-29(24)26)47-35(52)30(46-33(25)50)11-5-19-43-37(40)41/h1-3,6-8,10,12-13,16-17,25,27,30-31,48H,4-5,9,11,14-15,18-22H2,(H,44,51)(H,45,49)(H,46,50)(H,47,52)(H4,38,39,42)(H4,40,41,43)/t25-,27+,30-,31-/m0/s1. The van der Waals surface area contributed by atoms with Crippen molar-refractivity contribution in [3.8, 4) is 5.75 Å². The van der Waals surface area contributed by atoms with Crippen LogP contribution in [0, 0.1) is 5.92 Å². The average molecular weight is 715 g/mol. The summed E-state index contributed by atoms with van der Waals surface area (Å²) in [5, 5.41) is 23.2. The van der Waals surface area contributed by atoms with Gasteiger partial charge in [0.1, 0.15) is 17.8 Å². The molecule has 1 aliphatic rings. The minimum Gasteiger partial charge on any atom is -0.508 e. The van der Waals surface area contributed by atoms with Gasteiger partial charge in [0.25, 0.3) is 0 Å². The number of rotatable bonds is 12. The van der Waals surface area contributed by atoms with Crippen molar-refractivity contribution in [1.82, 2.24) is 21.3 Å². The number of nitrogens with zero attached hydrogens (tertiary/aromatic N) is 2. The Labute approximate surface area is 303 Å². The zero-order valence-electron chi connectivity index (χ0n) is 29.2. The van der Waals surface area contributed by atoms with Crippen LogP contribution in [0.2, 0.25) is 0 Å². The van der Waals surface area contributed by atoms with Crippen LogP contribution in [0.5, 0.6) is 5.75 Å². The molecule has 0 radical (unpaired) electrons. The highest BCUT2D eigenvalue weighted by molar-refractivity contribution is 5.94. The molecule has 4 amide bonds. The van der Waals surface area contributed by atoms with Crippen molar-refractivity contribution in [2.45, 2.75) is 69.5 Å². The number of guanidine groups is 2. The van der Waals surface area contributed by atoms with Gasteiger partial charge in [0.2, 0.25) is 23.6 Å². The molecule has 3 aromatic carbocycles. The van der Waals surface area contributed by atoms with Crippen LogP contribution in [0.15, 0.2) is 76.7 Å². The Kier molecular flexibility index (Phi) is 14.6. The quantitative estimate of drug-likeness (QED) is 0.0714. The first kappa shape index (κ1) is 38.9. The van der Waals surface area contributed by atoms with Crippen molar-refractivity contribution < 1.29 is 24.3 Å². The first-order valence-corrected chi connectivity index (χ1v) is 17.5. The lowest BCUT2D eigenvalue weighted by Gasteiger charge is -2.25. The number of nitrogens with two attached hydrogens (primary N) is 4. The minimum absolute atomic E-state index is 0.0538. The molecule has 15 nitrogen and oxygen atoms in total. The molecule has 1 heterocycles. The molecule has 52 heavy (non-hydrogen) atoms. The number of carbonyl (C=O) groups is 4. The molecule has 278 valence electrons. The highest BCUT2D eigenvalue weighted by Gasteiger charge is 2.30. The maximum atomic E-state index is 14.0. The first-order valence-electron chi connectivity index (χ1n) is 17.5. The molecule has 1 aliphatic heterocycles. The van der Waals surface area contributed by atoms with E-state index < -0.39 is 41.8 Å². The van der Waals surface area contributed by atoms with E-state index in [9.17, 15) is 24.3 Å². The Morgan fingerprint density at radius 3 is 2.06 bits per heavy atom. The van der Waals surface area contributed by atoms with Crippen LogP contribution in [0.25, 0.3) is 10.8 Å². The molecule has 4 rings (SSSR count). The number of benzene rings is 3. The summed E-state index contributed by atoms with van der Waals surface area (Å²) in [6.07, 6.45) is 2.80. The van der Waals surface area contributed by atoms with Crippen LogP contribution in [-0.2, 0) is 32.0 Å². The summed E-state index contributed by atoms with van der Waals surface area (Å²) in [5.74, 6) is -2.47. The summed E-state index contributed by atoms with van der Waals surface area (Å²) in [6.45, 7) is 0.219. The molecular formula is C37H50N10O5. The van der Waals surface area contributed by atoms with E-state index in [0.29, 0.717) is 45.1 Å². The van der Waals surface area contributed by atoms with Gasteiger partial charge in [0.15, 0.2) is 11.9 Å². The lowest BCUT2D eigenvalue weighted by molar-refractivity contribution is -0.133. The number of nitrogens with one attached hydrogen (secondary N) is 4. The summed E-state index contributed by atoms with van der Waals surface area (Å²) >= 11 is 0. The Hall–Kier alpha value is -5.86. The van der Waals surface area contributed by atoms with Gasteiger partial charge in [-0.3, -0.25) is 29.2 Å². The fraction of sp³-hybridized carbons (Fsp3) is 0.405. The maximum Gasteiger partial charge on any atom is 0.243 e. The van der Waals surface area contributed by atoms with Gasteiger partial charge >= 0.3 is 0 Å². The van der Waals surface area contributed by atoms with Crippen LogP contribution in [0.4, 0.5) is 0 Å². The van der Waals surface area contributed by atoms with Crippen molar-refractivity contribution in [2.75, 3.05) is 19.6 Å². The smallest absolute Gasteiger partial charge is 0.243 e. The normalized spacial score (nSPS) is 20.3. The van der Waals surface area contributed by atoms with Gasteiger partial charge in [0, 0.05) is 31.5 Å². The maximum absolute atomic E-state index is 14.0. The van der Waals surface area contributed by atoms with E-state index in [-0.39, 0.29) is 49.5 Å². The summed E-state index contributed by atoms with van der Waals surface area (Å²) in [6, 6.07) is 17.6. The molecule has 0 saturated carbocycles. The minimum atomic E-state index is -1.07. The summed E-state index contributed by atoms with van der Waals surface area (Å²) in [4.78, 5) is 63.1. The number of carbonyl (C=O) groups excluding carboxylic acids is 4. The monoisotopic (exact) mass is 714 g/mol. The molecule has 3 aromatic rings. The molecule has 0 aliphatic carbocycles. The molecule has 0 aromatic heterocycles. The third-order valence-electron chi connectivity index (χ3n) is 8.96. The molecule has 4 atom stereocenters. The van der Waals surface area contributed by atoms with Gasteiger partial charge < -0.3 is 49.3 Å². The number of aliphatic imine (C=N–C) groups is 2. The zero-order valence-corrected chi connectivity index (χ0v) is 29.2.